The lowest BCUT2D eigenvalue weighted by atomic mass is 9.99. The van der Waals surface area contributed by atoms with Crippen molar-refractivity contribution in [2.75, 3.05) is 39.6 Å². The van der Waals surface area contributed by atoms with E-state index < -0.39 is 97.5 Å². The van der Waals surface area contributed by atoms with Crippen LogP contribution in [0.3, 0.4) is 0 Å². The fourth-order valence-corrected chi connectivity index (χ4v) is 12.7. The highest BCUT2D eigenvalue weighted by molar-refractivity contribution is 7.47. The summed E-state index contributed by atoms with van der Waals surface area (Å²) in [5.74, 6) is -0.610. The molecule has 546 valence electrons. The number of ether oxygens (including phenoxy) is 4. The van der Waals surface area contributed by atoms with Crippen LogP contribution in [0.15, 0.2) is 0 Å². The number of unbranched alkanes of at least 4 members (excludes halogenated alkanes) is 41. The summed E-state index contributed by atoms with van der Waals surface area (Å²) in [6, 6.07) is 0. The Labute approximate surface area is 562 Å². The van der Waals surface area contributed by atoms with Crippen molar-refractivity contribution in [2.24, 2.45) is 11.8 Å². The summed E-state index contributed by atoms with van der Waals surface area (Å²) in [5, 5.41) is 10.6. The summed E-state index contributed by atoms with van der Waals surface area (Å²) >= 11 is 0. The third-order valence-electron chi connectivity index (χ3n) is 17.3. The molecule has 3 N–H and O–H groups in total. The summed E-state index contributed by atoms with van der Waals surface area (Å²) in [7, 11) is -9.91. The van der Waals surface area contributed by atoms with E-state index >= 15 is 0 Å². The predicted molar refractivity (Wildman–Crippen MR) is 372 cm³/mol. The Bertz CT molecular complexity index is 1790. The maximum Gasteiger partial charge on any atom is 0.472 e. The smallest absolute Gasteiger partial charge is 0.462 e. The van der Waals surface area contributed by atoms with Crippen molar-refractivity contribution in [1.82, 2.24) is 0 Å². The first kappa shape index (κ1) is 90.1. The van der Waals surface area contributed by atoms with Crippen molar-refractivity contribution in [1.29, 1.82) is 0 Å². The van der Waals surface area contributed by atoms with Gasteiger partial charge in [-0.3, -0.25) is 37.3 Å². The number of phosphoric acid groups is 2. The van der Waals surface area contributed by atoms with E-state index in [1.54, 1.807) is 0 Å². The number of rotatable bonds is 72. The number of carbonyl (C=O) groups is 4. The van der Waals surface area contributed by atoms with Gasteiger partial charge in [0, 0.05) is 25.7 Å². The fourth-order valence-electron chi connectivity index (χ4n) is 11.1. The zero-order chi connectivity index (χ0) is 67.9. The average molecular weight is 1350 g/mol. The summed E-state index contributed by atoms with van der Waals surface area (Å²) in [6.07, 6.45) is 51.2. The Morgan fingerprint density at radius 1 is 0.315 bits per heavy atom. The van der Waals surface area contributed by atoms with Gasteiger partial charge in [0.25, 0.3) is 0 Å². The Hall–Kier alpha value is -1.94. The first-order chi connectivity index (χ1) is 44.4. The van der Waals surface area contributed by atoms with Crippen LogP contribution < -0.4 is 0 Å². The molecule has 0 aliphatic carbocycles. The largest absolute Gasteiger partial charge is 0.472 e. The standard InChI is InChI=1S/C73H142O17P2/c1-7-10-12-14-16-18-20-22-24-26-31-37-43-49-55-70(75)83-61-68(89-73(78)58-52-46-39-33-29-28-30-36-42-48-54-66(6)9-3)63-87-91(79,80)85-59-67(74)60-86-92(81,82)88-64-69(62-84-71(76)56-50-44-40-34-35-41-47-53-65(4)5)90-72(77)57-51-45-38-32-27-25-23-21-19-17-15-13-11-8-2/h65-69,74H,7-64H2,1-6H3,(H,79,80)(H,81,82)/t66?,67-,68-,69-/m1/s1. The van der Waals surface area contributed by atoms with E-state index in [1.807, 2.05) is 0 Å². The van der Waals surface area contributed by atoms with Gasteiger partial charge in [0.2, 0.25) is 0 Å². The SMILES string of the molecule is CCCCCCCCCCCCCCCCC(=O)OC[C@H](COP(=O)(O)OC[C@@H](O)COP(=O)(O)OC[C@@H](COC(=O)CCCCCCCCCC(C)C)OC(=O)CCCCCCCCCCCCCCCC)OC(=O)CCCCCCCCCCCCC(C)CC. The fraction of sp³-hybridized carbons (Fsp3) is 0.945. The van der Waals surface area contributed by atoms with Gasteiger partial charge in [-0.05, 0) is 37.5 Å². The van der Waals surface area contributed by atoms with Crippen LogP contribution in [0.1, 0.15) is 375 Å². The molecule has 6 atom stereocenters. The lowest BCUT2D eigenvalue weighted by Gasteiger charge is -2.21. The summed E-state index contributed by atoms with van der Waals surface area (Å²) < 4.78 is 68.4. The number of hydrogen-bond acceptors (Lipinski definition) is 15. The Kier molecular flexibility index (Phi) is 63.7. The van der Waals surface area contributed by atoms with Crippen LogP contribution >= 0.6 is 15.6 Å². The van der Waals surface area contributed by atoms with E-state index in [-0.39, 0.29) is 25.7 Å². The molecule has 0 rings (SSSR count). The maximum absolute atomic E-state index is 13.1. The average Bonchev–Trinajstić information content (AvgIpc) is 2.74. The molecule has 0 amide bonds. The molecule has 0 aromatic heterocycles. The van der Waals surface area contributed by atoms with Gasteiger partial charge in [-0.1, -0.05) is 324 Å². The lowest BCUT2D eigenvalue weighted by molar-refractivity contribution is -0.161. The van der Waals surface area contributed by atoms with Gasteiger partial charge in [0.05, 0.1) is 26.4 Å². The van der Waals surface area contributed by atoms with Crippen LogP contribution in [-0.2, 0) is 65.4 Å². The van der Waals surface area contributed by atoms with Gasteiger partial charge < -0.3 is 33.8 Å². The van der Waals surface area contributed by atoms with Gasteiger partial charge >= 0.3 is 39.5 Å². The molecule has 3 unspecified atom stereocenters. The second-order valence-corrected chi connectivity index (χ2v) is 30.0. The number of phosphoric ester groups is 2. The molecule has 0 saturated carbocycles. The molecule has 0 spiro atoms. The van der Waals surface area contributed by atoms with Crippen molar-refractivity contribution in [2.45, 2.75) is 394 Å². The minimum absolute atomic E-state index is 0.107. The number of aliphatic hydroxyl groups is 1. The second kappa shape index (κ2) is 65.0. The normalized spacial score (nSPS) is 14.4. The van der Waals surface area contributed by atoms with Crippen molar-refractivity contribution in [3.05, 3.63) is 0 Å². The molecular weight excluding hydrogens is 1210 g/mol. The highest BCUT2D eigenvalue weighted by atomic mass is 31.2. The summed E-state index contributed by atoms with van der Waals surface area (Å²) in [5.41, 5.74) is 0. The molecule has 92 heavy (non-hydrogen) atoms. The first-order valence-corrected chi connectivity index (χ1v) is 41.0. The van der Waals surface area contributed by atoms with Crippen LogP contribution in [0.5, 0.6) is 0 Å². The van der Waals surface area contributed by atoms with Gasteiger partial charge in [-0.15, -0.1) is 0 Å². The topological polar surface area (TPSA) is 237 Å². The molecule has 0 aromatic carbocycles. The molecule has 0 fully saturated rings. The van der Waals surface area contributed by atoms with Crippen LogP contribution in [0.25, 0.3) is 0 Å². The molecule has 0 aliphatic heterocycles. The van der Waals surface area contributed by atoms with E-state index in [4.69, 9.17) is 37.0 Å². The van der Waals surface area contributed by atoms with E-state index in [1.165, 1.54) is 186 Å². The van der Waals surface area contributed by atoms with Crippen molar-refractivity contribution < 1.29 is 80.2 Å². The summed E-state index contributed by atoms with van der Waals surface area (Å²) in [4.78, 5) is 72.7. The van der Waals surface area contributed by atoms with Crippen LogP contribution in [0.4, 0.5) is 0 Å². The van der Waals surface area contributed by atoms with E-state index in [0.29, 0.717) is 31.6 Å². The molecule has 0 aromatic rings. The van der Waals surface area contributed by atoms with Crippen molar-refractivity contribution in [3.63, 3.8) is 0 Å². The highest BCUT2D eigenvalue weighted by Gasteiger charge is 2.30. The van der Waals surface area contributed by atoms with E-state index in [9.17, 15) is 43.2 Å². The minimum atomic E-state index is -4.95. The second-order valence-electron chi connectivity index (χ2n) is 27.1. The molecule has 0 bridgehead atoms. The van der Waals surface area contributed by atoms with Crippen molar-refractivity contribution >= 4 is 39.5 Å². The van der Waals surface area contributed by atoms with E-state index in [2.05, 4.69) is 41.5 Å². The molecule has 0 heterocycles. The van der Waals surface area contributed by atoms with Gasteiger partial charge in [0.1, 0.15) is 19.3 Å². The van der Waals surface area contributed by atoms with Crippen LogP contribution in [0, 0.1) is 11.8 Å². The van der Waals surface area contributed by atoms with Crippen molar-refractivity contribution in [3.8, 4) is 0 Å². The predicted octanol–water partition coefficient (Wildman–Crippen LogP) is 21.2. The summed E-state index contributed by atoms with van der Waals surface area (Å²) in [6.45, 7) is 9.55. The quantitative estimate of drug-likeness (QED) is 0.0222. The number of carbonyl (C=O) groups excluding carboxylic acids is 4. The molecule has 0 radical (unpaired) electrons. The van der Waals surface area contributed by atoms with Gasteiger partial charge in [0.15, 0.2) is 12.2 Å². The monoisotopic (exact) mass is 1350 g/mol. The van der Waals surface area contributed by atoms with E-state index in [0.717, 1.165) is 102 Å². The zero-order valence-corrected chi connectivity index (χ0v) is 61.6. The zero-order valence-electron chi connectivity index (χ0n) is 59.9. The lowest BCUT2D eigenvalue weighted by Crippen LogP contribution is -2.30. The molecular formula is C73H142O17P2. The number of hydrogen-bond donors (Lipinski definition) is 3. The minimum Gasteiger partial charge on any atom is -0.462 e. The Morgan fingerprint density at radius 2 is 0.554 bits per heavy atom. The van der Waals surface area contributed by atoms with Crippen LogP contribution in [-0.4, -0.2) is 96.7 Å². The Balaban J connectivity index is 5.26. The third-order valence-corrected chi connectivity index (χ3v) is 19.2. The maximum atomic E-state index is 13.1. The third kappa shape index (κ3) is 65.4. The Morgan fingerprint density at radius 3 is 0.826 bits per heavy atom. The highest BCUT2D eigenvalue weighted by Crippen LogP contribution is 2.45. The number of esters is 4. The molecule has 0 aliphatic rings. The number of aliphatic hydroxyl groups excluding tert-OH is 1. The first-order valence-electron chi connectivity index (χ1n) is 38.0. The molecule has 19 heteroatoms. The molecule has 0 saturated heterocycles. The van der Waals surface area contributed by atoms with Gasteiger partial charge in [-0.25, -0.2) is 9.13 Å². The van der Waals surface area contributed by atoms with Gasteiger partial charge in [-0.2, -0.15) is 0 Å². The molecule has 17 nitrogen and oxygen atoms in total. The van der Waals surface area contributed by atoms with Crippen LogP contribution in [0.2, 0.25) is 0 Å².